The zero-order valence-electron chi connectivity index (χ0n) is 24.7. The maximum Gasteiger partial charge on any atom is 0.235 e. The molecule has 4 heteroatoms. The standard InChI is InChI=1S/C42H25N3O/c1-3-13-26(14-4-1)28-23-24-35-33(25-28)37-38-32-20-10-12-22-36(32)46-41(38)30-18-8-7-17-29(30)40(37)45(35)42-43-34-21-11-9-19-31(34)39(44-42)27-15-5-2-6-16-27/h1-25H. The zero-order valence-corrected chi connectivity index (χ0v) is 24.7. The third kappa shape index (κ3) is 3.55. The lowest BCUT2D eigenvalue weighted by atomic mass is 9.98. The SMILES string of the molecule is c1ccc(-c2ccc3c(c2)c2c4c5ccccc5oc4c4ccccc4c2n3-c2nc(-c3ccccc3)c3ccccc3n2)cc1. The molecule has 0 aliphatic carbocycles. The van der Waals surface area contributed by atoms with Gasteiger partial charge in [0.2, 0.25) is 5.95 Å². The van der Waals surface area contributed by atoms with Gasteiger partial charge in [-0.1, -0.05) is 127 Å². The number of hydrogen-bond acceptors (Lipinski definition) is 3. The number of hydrogen-bond donors (Lipinski definition) is 0. The number of rotatable bonds is 3. The van der Waals surface area contributed by atoms with Crippen LogP contribution in [0.3, 0.4) is 0 Å². The minimum absolute atomic E-state index is 0.641. The van der Waals surface area contributed by atoms with Crippen molar-refractivity contribution in [3.63, 3.8) is 0 Å². The van der Waals surface area contributed by atoms with E-state index in [1.807, 2.05) is 18.2 Å². The molecule has 0 N–H and O–H groups in total. The topological polar surface area (TPSA) is 43.9 Å². The first kappa shape index (κ1) is 25.1. The fraction of sp³-hybridized carbons (Fsp3) is 0. The van der Waals surface area contributed by atoms with Gasteiger partial charge in [-0.25, -0.2) is 9.97 Å². The van der Waals surface area contributed by atoms with Crippen molar-refractivity contribution >= 4 is 65.4 Å². The van der Waals surface area contributed by atoms with Crippen molar-refractivity contribution < 1.29 is 4.42 Å². The third-order valence-corrected chi connectivity index (χ3v) is 9.19. The normalized spacial score (nSPS) is 11.9. The highest BCUT2D eigenvalue weighted by Gasteiger charge is 2.24. The number of benzene rings is 7. The second-order valence-corrected chi connectivity index (χ2v) is 11.8. The minimum atomic E-state index is 0.641. The molecule has 0 aliphatic heterocycles. The van der Waals surface area contributed by atoms with Crippen molar-refractivity contribution in [2.45, 2.75) is 0 Å². The molecule has 0 fully saturated rings. The lowest BCUT2D eigenvalue weighted by Crippen LogP contribution is -2.03. The monoisotopic (exact) mass is 587 g/mol. The average Bonchev–Trinajstić information content (AvgIpc) is 3.68. The summed E-state index contributed by atoms with van der Waals surface area (Å²) in [5.41, 5.74) is 9.11. The summed E-state index contributed by atoms with van der Waals surface area (Å²) < 4.78 is 8.91. The van der Waals surface area contributed by atoms with Crippen LogP contribution in [0.2, 0.25) is 0 Å². The van der Waals surface area contributed by atoms with Crippen LogP contribution in [0, 0.1) is 0 Å². The van der Waals surface area contributed by atoms with Crippen LogP contribution in [0.25, 0.3) is 93.8 Å². The summed E-state index contributed by atoms with van der Waals surface area (Å²) in [6.45, 7) is 0. The van der Waals surface area contributed by atoms with Crippen LogP contribution in [0.4, 0.5) is 0 Å². The molecule has 0 spiro atoms. The second kappa shape index (κ2) is 9.62. The lowest BCUT2D eigenvalue weighted by Gasteiger charge is -2.13. The molecule has 0 saturated carbocycles. The predicted octanol–water partition coefficient (Wildman–Crippen LogP) is 11.1. The fourth-order valence-corrected chi connectivity index (χ4v) is 7.17. The number of nitrogens with zero attached hydrogens (tertiary/aromatic N) is 3. The average molecular weight is 588 g/mol. The first-order chi connectivity index (χ1) is 22.8. The Morgan fingerprint density at radius 3 is 1.91 bits per heavy atom. The third-order valence-electron chi connectivity index (χ3n) is 9.19. The number of para-hydroxylation sites is 2. The Hall–Kier alpha value is -6.26. The van der Waals surface area contributed by atoms with Gasteiger partial charge in [-0.3, -0.25) is 4.57 Å². The van der Waals surface area contributed by atoms with Crippen molar-refractivity contribution in [1.82, 2.24) is 14.5 Å². The summed E-state index contributed by atoms with van der Waals surface area (Å²) in [5, 5.41) is 7.68. The largest absolute Gasteiger partial charge is 0.455 e. The van der Waals surface area contributed by atoms with Crippen LogP contribution in [-0.2, 0) is 0 Å². The Labute approximate surface area is 263 Å². The lowest BCUT2D eigenvalue weighted by molar-refractivity contribution is 0.673. The maximum atomic E-state index is 6.65. The van der Waals surface area contributed by atoms with Crippen LogP contribution >= 0.6 is 0 Å². The van der Waals surface area contributed by atoms with Gasteiger partial charge in [0.1, 0.15) is 11.2 Å². The highest BCUT2D eigenvalue weighted by molar-refractivity contribution is 6.36. The van der Waals surface area contributed by atoms with Gasteiger partial charge in [0.05, 0.1) is 22.2 Å². The second-order valence-electron chi connectivity index (χ2n) is 11.8. The van der Waals surface area contributed by atoms with E-state index in [0.717, 1.165) is 82.2 Å². The van der Waals surface area contributed by atoms with E-state index in [9.17, 15) is 0 Å². The van der Waals surface area contributed by atoms with E-state index >= 15 is 0 Å². The molecule has 7 aromatic carbocycles. The number of aromatic nitrogens is 3. The Morgan fingerprint density at radius 1 is 0.457 bits per heavy atom. The molecule has 0 atom stereocenters. The van der Waals surface area contributed by atoms with E-state index in [1.54, 1.807) is 0 Å². The van der Waals surface area contributed by atoms with Crippen LogP contribution in [0.5, 0.6) is 0 Å². The molecule has 10 rings (SSSR count). The van der Waals surface area contributed by atoms with Crippen LogP contribution in [-0.4, -0.2) is 14.5 Å². The molecule has 0 radical (unpaired) electrons. The van der Waals surface area contributed by atoms with Gasteiger partial charge in [0.15, 0.2) is 0 Å². The fourth-order valence-electron chi connectivity index (χ4n) is 7.17. The molecule has 4 nitrogen and oxygen atoms in total. The van der Waals surface area contributed by atoms with Gasteiger partial charge in [-0.2, -0.15) is 0 Å². The summed E-state index contributed by atoms with van der Waals surface area (Å²) in [5.74, 6) is 0.641. The first-order valence-electron chi connectivity index (χ1n) is 15.5. The molecule has 10 aromatic rings. The van der Waals surface area contributed by atoms with E-state index in [2.05, 4.69) is 138 Å². The van der Waals surface area contributed by atoms with Gasteiger partial charge in [0.25, 0.3) is 0 Å². The van der Waals surface area contributed by atoms with Gasteiger partial charge >= 0.3 is 0 Å². The number of fused-ring (bicyclic) bond motifs is 11. The Balaban J connectivity index is 1.44. The smallest absolute Gasteiger partial charge is 0.235 e. The molecule has 0 unspecified atom stereocenters. The van der Waals surface area contributed by atoms with Gasteiger partial charge in [0, 0.05) is 43.3 Å². The molecule has 46 heavy (non-hydrogen) atoms. The summed E-state index contributed by atoms with van der Waals surface area (Å²) in [6.07, 6.45) is 0. The highest BCUT2D eigenvalue weighted by Crippen LogP contribution is 2.46. The van der Waals surface area contributed by atoms with E-state index in [0.29, 0.717) is 5.95 Å². The molecule has 3 heterocycles. The zero-order chi connectivity index (χ0) is 30.2. The summed E-state index contributed by atoms with van der Waals surface area (Å²) >= 11 is 0. The Bertz CT molecular complexity index is 2790. The highest BCUT2D eigenvalue weighted by atomic mass is 16.3. The van der Waals surface area contributed by atoms with E-state index < -0.39 is 0 Å². The number of furan rings is 1. The molecule has 0 amide bonds. The van der Waals surface area contributed by atoms with Crippen molar-refractivity contribution in [3.8, 4) is 28.3 Å². The van der Waals surface area contributed by atoms with Crippen molar-refractivity contribution in [2.24, 2.45) is 0 Å². The molecular formula is C42H25N3O. The first-order valence-corrected chi connectivity index (χ1v) is 15.5. The van der Waals surface area contributed by atoms with Crippen LogP contribution in [0.1, 0.15) is 0 Å². The molecule has 3 aromatic heterocycles. The Morgan fingerprint density at radius 2 is 1.11 bits per heavy atom. The summed E-state index contributed by atoms with van der Waals surface area (Å²) in [7, 11) is 0. The summed E-state index contributed by atoms with van der Waals surface area (Å²) in [4.78, 5) is 10.6. The van der Waals surface area contributed by atoms with Crippen LogP contribution in [0.15, 0.2) is 156 Å². The quantitative estimate of drug-likeness (QED) is 0.207. The van der Waals surface area contributed by atoms with Crippen molar-refractivity contribution in [2.75, 3.05) is 0 Å². The van der Waals surface area contributed by atoms with Gasteiger partial charge in [-0.15, -0.1) is 0 Å². The van der Waals surface area contributed by atoms with E-state index in [1.165, 1.54) is 5.56 Å². The minimum Gasteiger partial charge on any atom is -0.455 e. The van der Waals surface area contributed by atoms with Gasteiger partial charge in [-0.05, 0) is 35.4 Å². The maximum absolute atomic E-state index is 6.65. The molecular weight excluding hydrogens is 562 g/mol. The van der Waals surface area contributed by atoms with Crippen molar-refractivity contribution in [3.05, 3.63) is 152 Å². The van der Waals surface area contributed by atoms with Gasteiger partial charge < -0.3 is 4.42 Å². The molecule has 214 valence electrons. The Kier molecular flexibility index (Phi) is 5.25. The molecule has 0 saturated heterocycles. The molecule has 0 aliphatic rings. The van der Waals surface area contributed by atoms with Crippen LogP contribution < -0.4 is 0 Å². The predicted molar refractivity (Wildman–Crippen MR) is 190 cm³/mol. The van der Waals surface area contributed by atoms with E-state index in [4.69, 9.17) is 14.4 Å². The molecule has 0 bridgehead atoms. The summed E-state index contributed by atoms with van der Waals surface area (Å²) in [6, 6.07) is 52.9. The van der Waals surface area contributed by atoms with E-state index in [-0.39, 0.29) is 0 Å². The van der Waals surface area contributed by atoms with Crippen molar-refractivity contribution in [1.29, 1.82) is 0 Å².